The predicted molar refractivity (Wildman–Crippen MR) is 97.0 cm³/mol. The van der Waals surface area contributed by atoms with Crippen LogP contribution in [0.1, 0.15) is 18.4 Å². The fraction of sp³-hybridized carbons (Fsp3) is 0.250. The maximum absolute atomic E-state index is 13.4. The number of anilines is 1. The maximum atomic E-state index is 13.4. The van der Waals surface area contributed by atoms with E-state index in [0.717, 1.165) is 36.2 Å². The Kier molecular flexibility index (Phi) is 4.66. The van der Waals surface area contributed by atoms with E-state index in [9.17, 15) is 13.6 Å². The molecule has 1 N–H and O–H groups in total. The topological polar surface area (TPSA) is 61.9 Å². The van der Waals surface area contributed by atoms with E-state index in [0.29, 0.717) is 24.3 Å². The number of hydrogen-bond acceptors (Lipinski definition) is 3. The molecule has 138 valence electrons. The first-order chi connectivity index (χ1) is 13.1. The normalized spacial score (nSPS) is 17.3. The Labute approximate surface area is 155 Å². The Bertz CT molecular complexity index is 958. The fourth-order valence-electron chi connectivity index (χ4n) is 3.45. The largest absolute Gasteiger partial charge is 0.295 e. The molecule has 1 amide bonds. The number of nitrogens with zero attached hydrogens (tertiary/aromatic N) is 3. The highest BCUT2D eigenvalue weighted by atomic mass is 19.2. The third kappa shape index (κ3) is 3.58. The number of hydrogen-bond donors (Lipinski definition) is 1. The molecule has 0 aliphatic carbocycles. The summed E-state index contributed by atoms with van der Waals surface area (Å²) in [4.78, 5) is 18.6. The average Bonchev–Trinajstić information content (AvgIpc) is 3.17. The number of aromatic nitrogens is 3. The number of nitrogens with one attached hydrogen (secondary N) is 1. The van der Waals surface area contributed by atoms with Crippen molar-refractivity contribution in [2.45, 2.75) is 19.3 Å². The predicted octanol–water partition coefficient (Wildman–Crippen LogP) is 3.74. The van der Waals surface area contributed by atoms with Crippen LogP contribution in [0.25, 0.3) is 11.3 Å². The third-order valence-electron chi connectivity index (χ3n) is 4.85. The maximum Gasteiger partial charge on any atom is 0.231 e. The van der Waals surface area contributed by atoms with Crippen LogP contribution in [0.15, 0.2) is 48.8 Å². The van der Waals surface area contributed by atoms with Gasteiger partial charge in [0.2, 0.25) is 5.91 Å². The molecule has 0 saturated carbocycles. The number of carbonyl (C=O) groups is 1. The number of H-pyrrole nitrogens is 1. The van der Waals surface area contributed by atoms with E-state index in [1.807, 2.05) is 18.2 Å². The molecule has 0 spiro atoms. The van der Waals surface area contributed by atoms with Crippen molar-refractivity contribution in [3.63, 3.8) is 0 Å². The van der Waals surface area contributed by atoms with Gasteiger partial charge in [0.25, 0.3) is 0 Å². The van der Waals surface area contributed by atoms with E-state index in [-0.39, 0.29) is 11.8 Å². The van der Waals surface area contributed by atoms with Crippen molar-refractivity contribution in [1.29, 1.82) is 0 Å². The van der Waals surface area contributed by atoms with Crippen molar-refractivity contribution in [3.05, 3.63) is 66.0 Å². The molecule has 1 aromatic carbocycles. The standard InChI is InChI=1S/C20H18F2N4O/c21-16-4-3-13(11-17(16)22)10-15-2-1-9-26(20(15)27)19-12-18(24-25-19)14-5-7-23-8-6-14/h3-8,11-12,15H,1-2,9-10H2,(H,24,25)/t15-/m1/s1. The molecule has 1 atom stereocenters. The van der Waals surface area contributed by atoms with Gasteiger partial charge in [0.05, 0.1) is 5.69 Å². The Hall–Kier alpha value is -3.09. The zero-order chi connectivity index (χ0) is 18.8. The van der Waals surface area contributed by atoms with Crippen molar-refractivity contribution in [1.82, 2.24) is 15.2 Å². The average molecular weight is 368 g/mol. The summed E-state index contributed by atoms with van der Waals surface area (Å²) in [6, 6.07) is 9.36. The van der Waals surface area contributed by atoms with Gasteiger partial charge in [-0.25, -0.2) is 8.78 Å². The van der Waals surface area contributed by atoms with Gasteiger partial charge in [0, 0.05) is 36.5 Å². The highest BCUT2D eigenvalue weighted by Gasteiger charge is 2.31. The summed E-state index contributed by atoms with van der Waals surface area (Å²) >= 11 is 0. The van der Waals surface area contributed by atoms with E-state index < -0.39 is 11.6 Å². The lowest BCUT2D eigenvalue weighted by molar-refractivity contribution is -0.123. The molecule has 0 radical (unpaired) electrons. The third-order valence-corrected chi connectivity index (χ3v) is 4.85. The minimum absolute atomic E-state index is 0.0428. The molecule has 3 aromatic rings. The quantitative estimate of drug-likeness (QED) is 0.763. The minimum Gasteiger partial charge on any atom is -0.295 e. The molecule has 3 heterocycles. The van der Waals surface area contributed by atoms with Gasteiger partial charge >= 0.3 is 0 Å². The van der Waals surface area contributed by atoms with Crippen LogP contribution in [0.5, 0.6) is 0 Å². The summed E-state index contributed by atoms with van der Waals surface area (Å²) in [7, 11) is 0. The molecule has 5 nitrogen and oxygen atoms in total. The van der Waals surface area contributed by atoms with E-state index in [2.05, 4.69) is 15.2 Å². The van der Waals surface area contributed by atoms with Crippen LogP contribution in [-0.4, -0.2) is 27.6 Å². The van der Waals surface area contributed by atoms with E-state index >= 15 is 0 Å². The van der Waals surface area contributed by atoms with Gasteiger partial charge in [-0.3, -0.25) is 19.8 Å². The molecular formula is C20H18F2N4O. The smallest absolute Gasteiger partial charge is 0.231 e. The summed E-state index contributed by atoms with van der Waals surface area (Å²) in [5, 5.41) is 7.24. The molecule has 0 bridgehead atoms. The molecule has 1 aliphatic rings. The number of halogens is 2. The monoisotopic (exact) mass is 368 g/mol. The zero-order valence-electron chi connectivity index (χ0n) is 14.5. The fourth-order valence-corrected chi connectivity index (χ4v) is 3.45. The highest BCUT2D eigenvalue weighted by molar-refractivity contribution is 5.95. The van der Waals surface area contributed by atoms with Gasteiger partial charge in [0.15, 0.2) is 17.5 Å². The summed E-state index contributed by atoms with van der Waals surface area (Å²) < 4.78 is 26.6. The first kappa shape index (κ1) is 17.3. The van der Waals surface area contributed by atoms with Crippen LogP contribution in [0.2, 0.25) is 0 Å². The van der Waals surface area contributed by atoms with Crippen molar-refractivity contribution in [2.24, 2.45) is 5.92 Å². The van der Waals surface area contributed by atoms with Gasteiger partial charge < -0.3 is 0 Å². The minimum atomic E-state index is -0.887. The Morgan fingerprint density at radius 1 is 1.11 bits per heavy atom. The second-order valence-corrected chi connectivity index (χ2v) is 6.66. The summed E-state index contributed by atoms with van der Waals surface area (Å²) in [5.74, 6) is -1.51. The van der Waals surface area contributed by atoms with Crippen LogP contribution < -0.4 is 4.90 Å². The lowest BCUT2D eigenvalue weighted by atomic mass is 9.90. The molecule has 1 aliphatic heterocycles. The second-order valence-electron chi connectivity index (χ2n) is 6.66. The van der Waals surface area contributed by atoms with Gasteiger partial charge in [-0.15, -0.1) is 0 Å². The Morgan fingerprint density at radius 2 is 1.93 bits per heavy atom. The molecule has 4 rings (SSSR count). The number of benzene rings is 1. The molecule has 2 aromatic heterocycles. The van der Waals surface area contributed by atoms with Gasteiger partial charge in [-0.05, 0) is 49.1 Å². The number of pyridine rings is 1. The van der Waals surface area contributed by atoms with Crippen molar-refractivity contribution >= 4 is 11.7 Å². The van der Waals surface area contributed by atoms with Crippen molar-refractivity contribution in [3.8, 4) is 11.3 Å². The first-order valence-electron chi connectivity index (χ1n) is 8.83. The van der Waals surface area contributed by atoms with Crippen molar-refractivity contribution < 1.29 is 13.6 Å². The summed E-state index contributed by atoms with van der Waals surface area (Å²) in [6.07, 6.45) is 5.32. The number of carbonyl (C=O) groups excluding carboxylic acids is 1. The van der Waals surface area contributed by atoms with E-state index in [4.69, 9.17) is 0 Å². The zero-order valence-corrected chi connectivity index (χ0v) is 14.5. The highest BCUT2D eigenvalue weighted by Crippen LogP contribution is 2.28. The van der Waals surface area contributed by atoms with Crippen LogP contribution in [0.4, 0.5) is 14.6 Å². The van der Waals surface area contributed by atoms with Gasteiger partial charge in [0.1, 0.15) is 0 Å². The van der Waals surface area contributed by atoms with Gasteiger partial charge in [-0.1, -0.05) is 6.07 Å². The van der Waals surface area contributed by atoms with Crippen LogP contribution in [0.3, 0.4) is 0 Å². The molecule has 1 fully saturated rings. The summed E-state index contributed by atoms with van der Waals surface area (Å²) in [6.45, 7) is 0.591. The molecule has 7 heteroatoms. The number of aromatic amines is 1. The lowest BCUT2D eigenvalue weighted by Gasteiger charge is -2.30. The van der Waals surface area contributed by atoms with Crippen LogP contribution in [0, 0.1) is 17.6 Å². The molecule has 0 unspecified atom stereocenters. The Balaban J connectivity index is 1.52. The van der Waals surface area contributed by atoms with Gasteiger partial charge in [-0.2, -0.15) is 5.10 Å². The van der Waals surface area contributed by atoms with Crippen molar-refractivity contribution in [2.75, 3.05) is 11.4 Å². The SMILES string of the molecule is O=C1[C@@H](Cc2ccc(F)c(F)c2)CCCN1c1cc(-c2ccncc2)[nH]n1. The second kappa shape index (κ2) is 7.26. The van der Waals surface area contributed by atoms with E-state index in [1.165, 1.54) is 6.07 Å². The molecular weight excluding hydrogens is 350 g/mol. The summed E-state index contributed by atoms with van der Waals surface area (Å²) in [5.41, 5.74) is 2.36. The first-order valence-corrected chi connectivity index (χ1v) is 8.83. The number of rotatable bonds is 4. The van der Waals surface area contributed by atoms with Crippen LogP contribution in [-0.2, 0) is 11.2 Å². The lowest BCUT2D eigenvalue weighted by Crippen LogP contribution is -2.42. The Morgan fingerprint density at radius 3 is 2.70 bits per heavy atom. The number of piperidine rings is 1. The molecule has 27 heavy (non-hydrogen) atoms. The van der Waals surface area contributed by atoms with Crippen LogP contribution >= 0.6 is 0 Å². The molecule has 1 saturated heterocycles. The number of amides is 1. The van der Waals surface area contributed by atoms with E-state index in [1.54, 1.807) is 17.3 Å².